The Morgan fingerprint density at radius 3 is 2.66 bits per heavy atom. The molecule has 29 heavy (non-hydrogen) atoms. The SMILES string of the molecule is CCOC(=O)N1CCc2c(sc(NC(=O)c3ccc(F)c(F)c3)c2C(=O)OC)C1. The second kappa shape index (κ2) is 8.56. The van der Waals surface area contributed by atoms with Crippen molar-refractivity contribution in [1.82, 2.24) is 4.90 Å². The molecule has 10 heteroatoms. The van der Waals surface area contributed by atoms with Gasteiger partial charge in [-0.2, -0.15) is 0 Å². The number of rotatable bonds is 4. The molecule has 1 aromatic carbocycles. The van der Waals surface area contributed by atoms with Crippen molar-refractivity contribution >= 4 is 34.3 Å². The molecule has 154 valence electrons. The Hall–Kier alpha value is -3.01. The maximum atomic E-state index is 13.4. The fourth-order valence-corrected chi connectivity index (χ4v) is 4.24. The molecule has 1 aliphatic heterocycles. The predicted molar refractivity (Wildman–Crippen MR) is 101 cm³/mol. The van der Waals surface area contributed by atoms with Crippen molar-refractivity contribution in [1.29, 1.82) is 0 Å². The van der Waals surface area contributed by atoms with Gasteiger partial charge in [0.05, 0.1) is 25.8 Å². The lowest BCUT2D eigenvalue weighted by molar-refractivity contribution is 0.0600. The Morgan fingerprint density at radius 2 is 2.00 bits per heavy atom. The fraction of sp³-hybridized carbons (Fsp3) is 0.316. The highest BCUT2D eigenvalue weighted by Gasteiger charge is 2.31. The normalized spacial score (nSPS) is 12.9. The molecule has 0 atom stereocenters. The lowest BCUT2D eigenvalue weighted by Gasteiger charge is -2.26. The summed E-state index contributed by atoms with van der Waals surface area (Å²) in [7, 11) is 1.22. The van der Waals surface area contributed by atoms with Crippen LogP contribution in [-0.2, 0) is 22.4 Å². The molecule has 1 aromatic heterocycles. The first kappa shape index (κ1) is 20.7. The number of thiophene rings is 1. The first-order valence-corrected chi connectivity index (χ1v) is 9.58. The molecule has 7 nitrogen and oxygen atoms in total. The second-order valence-electron chi connectivity index (χ2n) is 6.15. The zero-order valence-corrected chi connectivity index (χ0v) is 16.5. The summed E-state index contributed by atoms with van der Waals surface area (Å²) in [6.45, 7) is 2.53. The molecule has 0 radical (unpaired) electrons. The molecule has 2 aromatic rings. The number of methoxy groups -OCH3 is 1. The van der Waals surface area contributed by atoms with Crippen molar-refractivity contribution in [3.8, 4) is 0 Å². The van der Waals surface area contributed by atoms with Gasteiger partial charge in [-0.1, -0.05) is 0 Å². The molecule has 2 heterocycles. The van der Waals surface area contributed by atoms with Crippen LogP contribution in [0.15, 0.2) is 18.2 Å². The Labute approximate surface area is 169 Å². The van der Waals surface area contributed by atoms with Crippen LogP contribution in [0.4, 0.5) is 18.6 Å². The second-order valence-corrected chi connectivity index (χ2v) is 7.26. The number of anilines is 1. The third-order valence-corrected chi connectivity index (χ3v) is 5.51. The van der Waals surface area contributed by atoms with Crippen LogP contribution in [0.1, 0.15) is 38.1 Å². The van der Waals surface area contributed by atoms with E-state index in [4.69, 9.17) is 9.47 Å². The van der Waals surface area contributed by atoms with E-state index in [-0.39, 0.29) is 29.3 Å². The number of hydrogen-bond donors (Lipinski definition) is 1. The van der Waals surface area contributed by atoms with Gasteiger partial charge >= 0.3 is 12.1 Å². The molecule has 0 bridgehead atoms. The third-order valence-electron chi connectivity index (χ3n) is 4.38. The highest BCUT2D eigenvalue weighted by Crippen LogP contribution is 2.38. The molecular weight excluding hydrogens is 406 g/mol. The lowest BCUT2D eigenvalue weighted by Crippen LogP contribution is -2.36. The monoisotopic (exact) mass is 424 g/mol. The van der Waals surface area contributed by atoms with Crippen LogP contribution < -0.4 is 5.32 Å². The molecular formula is C19H18F2N2O5S. The van der Waals surface area contributed by atoms with Gasteiger partial charge < -0.3 is 19.7 Å². The summed E-state index contributed by atoms with van der Waals surface area (Å²) in [5.41, 5.74) is 0.786. The van der Waals surface area contributed by atoms with Crippen LogP contribution in [0.2, 0.25) is 0 Å². The van der Waals surface area contributed by atoms with Crippen molar-refractivity contribution in [3.63, 3.8) is 0 Å². The van der Waals surface area contributed by atoms with Crippen LogP contribution in [-0.4, -0.2) is 43.1 Å². The maximum absolute atomic E-state index is 13.4. The molecule has 1 N–H and O–H groups in total. The molecule has 3 rings (SSSR count). The molecule has 0 saturated carbocycles. The van der Waals surface area contributed by atoms with E-state index >= 15 is 0 Å². The van der Waals surface area contributed by atoms with Gasteiger partial charge in [0.25, 0.3) is 5.91 Å². The average Bonchev–Trinajstić information content (AvgIpc) is 3.06. The molecule has 0 saturated heterocycles. The standard InChI is InChI=1S/C19H18F2N2O5S/c1-3-28-19(26)23-7-6-11-14(9-23)29-17(15(11)18(25)27-2)22-16(24)10-4-5-12(20)13(21)8-10/h4-5,8H,3,6-7,9H2,1-2H3,(H,22,24). The highest BCUT2D eigenvalue weighted by atomic mass is 32.1. The zero-order valence-electron chi connectivity index (χ0n) is 15.7. The first-order valence-electron chi connectivity index (χ1n) is 8.76. The predicted octanol–water partition coefficient (Wildman–Crippen LogP) is 3.58. The van der Waals surface area contributed by atoms with Crippen LogP contribution in [0.25, 0.3) is 0 Å². The van der Waals surface area contributed by atoms with E-state index in [1.165, 1.54) is 12.0 Å². The van der Waals surface area contributed by atoms with Gasteiger partial charge in [-0.3, -0.25) is 4.79 Å². The number of fused-ring (bicyclic) bond motifs is 1. The number of carbonyl (C=O) groups is 3. The number of esters is 1. The number of ether oxygens (including phenoxy) is 2. The molecule has 1 aliphatic rings. The van der Waals surface area contributed by atoms with Crippen LogP contribution >= 0.6 is 11.3 Å². The molecule has 0 fully saturated rings. The van der Waals surface area contributed by atoms with Gasteiger partial charge in [-0.25, -0.2) is 18.4 Å². The minimum atomic E-state index is -1.15. The van der Waals surface area contributed by atoms with Gasteiger partial charge in [0, 0.05) is 17.0 Å². The van der Waals surface area contributed by atoms with E-state index < -0.39 is 29.6 Å². The van der Waals surface area contributed by atoms with Crippen molar-refractivity contribution in [3.05, 3.63) is 51.4 Å². The summed E-state index contributed by atoms with van der Waals surface area (Å²) < 4.78 is 36.4. The molecule has 0 aliphatic carbocycles. The summed E-state index contributed by atoms with van der Waals surface area (Å²) in [5.74, 6) is -3.55. The molecule has 0 unspecified atom stereocenters. The van der Waals surface area contributed by atoms with E-state index in [1.807, 2.05) is 0 Å². The number of benzene rings is 1. The summed E-state index contributed by atoms with van der Waals surface area (Å²) in [6, 6.07) is 2.77. The third kappa shape index (κ3) is 4.21. The van der Waals surface area contributed by atoms with Gasteiger partial charge in [0.15, 0.2) is 11.6 Å². The van der Waals surface area contributed by atoms with Crippen LogP contribution in [0.5, 0.6) is 0 Å². The van der Waals surface area contributed by atoms with Crippen molar-refractivity contribution in [2.45, 2.75) is 19.9 Å². The van der Waals surface area contributed by atoms with Crippen molar-refractivity contribution in [2.24, 2.45) is 0 Å². The van der Waals surface area contributed by atoms with E-state index in [9.17, 15) is 23.2 Å². The Kier molecular flexibility index (Phi) is 6.12. The van der Waals surface area contributed by atoms with E-state index in [1.54, 1.807) is 6.92 Å². The molecule has 2 amide bonds. The quantitative estimate of drug-likeness (QED) is 0.759. The number of hydrogen-bond acceptors (Lipinski definition) is 6. The van der Waals surface area contributed by atoms with Crippen LogP contribution in [0.3, 0.4) is 0 Å². The summed E-state index contributed by atoms with van der Waals surface area (Å²) in [6.07, 6.45) is -0.0746. The highest BCUT2D eigenvalue weighted by molar-refractivity contribution is 7.17. The minimum Gasteiger partial charge on any atom is -0.465 e. The topological polar surface area (TPSA) is 84.9 Å². The maximum Gasteiger partial charge on any atom is 0.410 e. The van der Waals surface area contributed by atoms with Crippen LogP contribution in [0, 0.1) is 11.6 Å². The minimum absolute atomic E-state index is 0.0979. The van der Waals surface area contributed by atoms with Gasteiger partial charge in [-0.05, 0) is 37.1 Å². The Bertz CT molecular complexity index is 976. The van der Waals surface area contributed by atoms with Crippen molar-refractivity contribution in [2.75, 3.05) is 25.6 Å². The Balaban J connectivity index is 1.90. The number of nitrogens with zero attached hydrogens (tertiary/aromatic N) is 1. The summed E-state index contributed by atoms with van der Waals surface area (Å²) in [5, 5.41) is 2.79. The Morgan fingerprint density at radius 1 is 1.24 bits per heavy atom. The number of carbonyl (C=O) groups excluding carboxylic acids is 3. The van der Waals surface area contributed by atoms with E-state index in [0.717, 1.165) is 29.5 Å². The van der Waals surface area contributed by atoms with E-state index in [0.29, 0.717) is 23.4 Å². The van der Waals surface area contributed by atoms with Gasteiger partial charge in [0.1, 0.15) is 5.00 Å². The fourth-order valence-electron chi connectivity index (χ4n) is 2.99. The molecule has 0 spiro atoms. The lowest BCUT2D eigenvalue weighted by atomic mass is 10.0. The number of amides is 2. The van der Waals surface area contributed by atoms with Gasteiger partial charge in [-0.15, -0.1) is 11.3 Å². The summed E-state index contributed by atoms with van der Waals surface area (Å²) in [4.78, 5) is 39.0. The zero-order chi connectivity index (χ0) is 21.1. The van der Waals surface area contributed by atoms with Crippen molar-refractivity contribution < 1.29 is 32.6 Å². The van der Waals surface area contributed by atoms with Gasteiger partial charge in [0.2, 0.25) is 0 Å². The summed E-state index contributed by atoms with van der Waals surface area (Å²) >= 11 is 1.13. The number of nitrogens with one attached hydrogen (secondary N) is 1. The largest absolute Gasteiger partial charge is 0.465 e. The average molecular weight is 424 g/mol. The van der Waals surface area contributed by atoms with E-state index in [2.05, 4.69) is 5.32 Å². The number of halogens is 2. The smallest absolute Gasteiger partial charge is 0.410 e. The first-order chi connectivity index (χ1) is 13.8.